The third kappa shape index (κ3) is 2.14. The third-order valence-electron chi connectivity index (χ3n) is 2.24. The number of barbiturate groups is 1. The van der Waals surface area contributed by atoms with Gasteiger partial charge in [-0.1, -0.05) is 17.9 Å². The van der Waals surface area contributed by atoms with Gasteiger partial charge in [0.1, 0.15) is 11.3 Å². The highest BCUT2D eigenvalue weighted by Gasteiger charge is 2.27. The molecule has 7 heteroatoms. The first-order valence-electron chi connectivity index (χ1n) is 4.86. The van der Waals surface area contributed by atoms with Crippen LogP contribution in [0.2, 0.25) is 0 Å². The Hall–Kier alpha value is -2.83. The molecule has 0 aliphatic carbocycles. The fourth-order valence-electron chi connectivity index (χ4n) is 1.40. The van der Waals surface area contributed by atoms with Crippen LogP contribution < -0.4 is 15.7 Å². The Morgan fingerprint density at radius 2 is 1.72 bits per heavy atom. The smallest absolute Gasteiger partial charge is 0.328 e. The van der Waals surface area contributed by atoms with Crippen LogP contribution in [0.1, 0.15) is 5.56 Å². The predicted molar refractivity (Wildman–Crippen MR) is 57.2 cm³/mol. The van der Waals surface area contributed by atoms with Gasteiger partial charge in [-0.2, -0.15) is 0 Å². The Morgan fingerprint density at radius 3 is 2.28 bits per heavy atom. The molecular weight excluding hydrogens is 240 g/mol. The number of carbonyl (C=O) groups excluding carboxylic acids is 3. The summed E-state index contributed by atoms with van der Waals surface area (Å²) >= 11 is 0. The Kier molecular flexibility index (Phi) is 2.72. The molecule has 1 aliphatic heterocycles. The third-order valence-corrected chi connectivity index (χ3v) is 2.24. The van der Waals surface area contributed by atoms with Gasteiger partial charge >= 0.3 is 6.03 Å². The van der Waals surface area contributed by atoms with Crippen LogP contribution in [-0.4, -0.2) is 23.0 Å². The minimum Gasteiger partial charge on any atom is -0.870 e. The van der Waals surface area contributed by atoms with Crippen LogP contribution in [0.25, 0.3) is 6.08 Å². The molecule has 1 aromatic carbocycles. The number of phenolic OH excluding ortho intramolecular Hbond substituents is 1. The summed E-state index contributed by atoms with van der Waals surface area (Å²) in [6.07, 6.45) is 1.16. The van der Waals surface area contributed by atoms with E-state index in [9.17, 15) is 24.6 Å². The number of amides is 4. The first-order chi connectivity index (χ1) is 8.47. The molecule has 0 aromatic heterocycles. The van der Waals surface area contributed by atoms with Gasteiger partial charge in [0.15, 0.2) is 0 Å². The van der Waals surface area contributed by atoms with Crippen molar-refractivity contribution >= 4 is 23.9 Å². The lowest BCUT2D eigenvalue weighted by molar-refractivity contribution is -0.270. The van der Waals surface area contributed by atoms with Gasteiger partial charge < -0.3 is 10.2 Å². The predicted octanol–water partition coefficient (Wildman–Crippen LogP) is -0.785. The zero-order valence-electron chi connectivity index (χ0n) is 8.89. The first kappa shape index (κ1) is 11.6. The first-order valence-corrected chi connectivity index (χ1v) is 4.86. The van der Waals surface area contributed by atoms with Crippen LogP contribution in [0.5, 0.6) is 11.5 Å². The van der Waals surface area contributed by atoms with Crippen LogP contribution in [0.3, 0.4) is 0 Å². The average molecular weight is 247 g/mol. The van der Waals surface area contributed by atoms with Crippen molar-refractivity contribution in [3.05, 3.63) is 29.3 Å². The van der Waals surface area contributed by atoms with Crippen molar-refractivity contribution in [2.24, 2.45) is 0 Å². The lowest BCUT2D eigenvalue weighted by atomic mass is 10.1. The molecule has 2 rings (SSSR count). The number of imide groups is 2. The summed E-state index contributed by atoms with van der Waals surface area (Å²) in [7, 11) is 0. The van der Waals surface area contributed by atoms with E-state index < -0.39 is 29.3 Å². The van der Waals surface area contributed by atoms with Crippen LogP contribution in [0.4, 0.5) is 4.79 Å². The van der Waals surface area contributed by atoms with Crippen LogP contribution in [-0.2, 0) is 9.59 Å². The molecule has 3 N–H and O–H groups in total. The molecule has 92 valence electrons. The number of carbonyl (C=O) groups is 3. The Labute approximate surface area is 101 Å². The van der Waals surface area contributed by atoms with E-state index >= 15 is 0 Å². The average Bonchev–Trinajstić information content (AvgIpc) is 2.28. The number of rotatable bonds is 1. The summed E-state index contributed by atoms with van der Waals surface area (Å²) in [6.45, 7) is 0. The molecule has 1 heterocycles. The zero-order valence-corrected chi connectivity index (χ0v) is 8.89. The zero-order chi connectivity index (χ0) is 13.3. The molecule has 0 atom stereocenters. The molecule has 1 aromatic rings. The van der Waals surface area contributed by atoms with Crippen LogP contribution in [0, 0.1) is 0 Å². The Balaban J connectivity index is 2.37. The monoisotopic (exact) mass is 247 g/mol. The van der Waals surface area contributed by atoms with Crippen molar-refractivity contribution in [3.63, 3.8) is 0 Å². The van der Waals surface area contributed by atoms with E-state index in [1.54, 1.807) is 0 Å². The summed E-state index contributed by atoms with van der Waals surface area (Å²) in [4.78, 5) is 33.6. The minimum absolute atomic E-state index is 0.285. The lowest BCUT2D eigenvalue weighted by Gasteiger charge is -2.14. The molecular formula is C11H7N2O5-. The quantitative estimate of drug-likeness (QED) is 0.444. The van der Waals surface area contributed by atoms with E-state index in [1.165, 1.54) is 6.07 Å². The van der Waals surface area contributed by atoms with Crippen molar-refractivity contribution in [2.75, 3.05) is 0 Å². The molecule has 0 unspecified atom stereocenters. The number of urea groups is 1. The molecule has 0 spiro atoms. The van der Waals surface area contributed by atoms with E-state index in [0.717, 1.165) is 18.2 Å². The minimum atomic E-state index is -0.889. The summed E-state index contributed by atoms with van der Waals surface area (Å²) in [5.74, 6) is -2.73. The molecule has 4 amide bonds. The Bertz CT molecular complexity index is 569. The van der Waals surface area contributed by atoms with Crippen LogP contribution >= 0.6 is 0 Å². The maximum atomic E-state index is 11.4. The second-order valence-corrected chi connectivity index (χ2v) is 3.52. The summed E-state index contributed by atoms with van der Waals surface area (Å²) in [5, 5.41) is 24.0. The molecule has 0 radical (unpaired) electrons. The van der Waals surface area contributed by atoms with Crippen molar-refractivity contribution in [1.29, 1.82) is 0 Å². The number of hydrogen-bond donors (Lipinski definition) is 3. The lowest BCUT2D eigenvalue weighted by Crippen LogP contribution is -2.51. The van der Waals surface area contributed by atoms with E-state index in [-0.39, 0.29) is 5.57 Å². The van der Waals surface area contributed by atoms with Crippen molar-refractivity contribution in [1.82, 2.24) is 10.6 Å². The second-order valence-electron chi connectivity index (χ2n) is 3.52. The summed E-state index contributed by atoms with van der Waals surface area (Å²) in [6, 6.07) is 2.67. The van der Waals surface area contributed by atoms with Crippen molar-refractivity contribution < 1.29 is 24.6 Å². The maximum absolute atomic E-state index is 11.4. The number of aromatic hydroxyl groups is 1. The topological polar surface area (TPSA) is 119 Å². The number of benzene rings is 1. The maximum Gasteiger partial charge on any atom is 0.328 e. The Morgan fingerprint density at radius 1 is 1.11 bits per heavy atom. The number of hydrogen-bond acceptors (Lipinski definition) is 5. The SMILES string of the molecule is O=C1NC(=O)C(=Cc2ccc([O-])c(O)c2)C(=O)N1. The number of nitrogens with one attached hydrogen (secondary N) is 2. The number of phenols is 1. The highest BCUT2D eigenvalue weighted by Crippen LogP contribution is 2.23. The van der Waals surface area contributed by atoms with Gasteiger partial charge in [0.2, 0.25) is 0 Å². The molecule has 0 saturated carbocycles. The highest BCUT2D eigenvalue weighted by atomic mass is 16.3. The van der Waals surface area contributed by atoms with Crippen molar-refractivity contribution in [3.8, 4) is 11.5 Å². The van der Waals surface area contributed by atoms with Gasteiger partial charge in [0.25, 0.3) is 11.8 Å². The normalized spacial score (nSPS) is 15.1. The van der Waals surface area contributed by atoms with Gasteiger partial charge in [-0.25, -0.2) is 4.79 Å². The van der Waals surface area contributed by atoms with E-state index in [2.05, 4.69) is 0 Å². The van der Waals surface area contributed by atoms with E-state index in [1.807, 2.05) is 10.6 Å². The fourth-order valence-corrected chi connectivity index (χ4v) is 1.40. The van der Waals surface area contributed by atoms with Crippen LogP contribution in [0.15, 0.2) is 23.8 Å². The standard InChI is InChI=1S/C11H8N2O5/c14-7-2-1-5(4-8(7)15)3-6-9(16)12-11(18)13-10(6)17/h1-4,14-15H,(H2,12,13,16,17,18)/p-1. The molecule has 1 saturated heterocycles. The van der Waals surface area contributed by atoms with Gasteiger partial charge in [0, 0.05) is 0 Å². The summed E-state index contributed by atoms with van der Waals surface area (Å²) in [5.41, 5.74) is 0.00870. The largest absolute Gasteiger partial charge is 0.870 e. The fraction of sp³-hybridized carbons (Fsp3) is 0. The molecule has 0 bridgehead atoms. The molecule has 7 nitrogen and oxygen atoms in total. The molecule has 1 fully saturated rings. The second kappa shape index (κ2) is 4.21. The van der Waals surface area contributed by atoms with E-state index in [0.29, 0.717) is 5.56 Å². The highest BCUT2D eigenvalue weighted by molar-refractivity contribution is 6.31. The van der Waals surface area contributed by atoms with E-state index in [4.69, 9.17) is 0 Å². The van der Waals surface area contributed by atoms with Crippen molar-refractivity contribution in [2.45, 2.75) is 0 Å². The van der Waals surface area contributed by atoms with Gasteiger partial charge in [-0.15, -0.1) is 0 Å². The molecule has 1 aliphatic rings. The van der Waals surface area contributed by atoms with Gasteiger partial charge in [-0.05, 0) is 17.7 Å². The van der Waals surface area contributed by atoms with Gasteiger partial charge in [-0.3, -0.25) is 20.2 Å². The summed E-state index contributed by atoms with van der Waals surface area (Å²) < 4.78 is 0. The molecule has 18 heavy (non-hydrogen) atoms. The van der Waals surface area contributed by atoms with Gasteiger partial charge in [0.05, 0.1) is 0 Å².